The molecule has 11 heavy (non-hydrogen) atoms. The smallest absolute Gasteiger partial charge is 0.539 e. The van der Waals surface area contributed by atoms with Gasteiger partial charge in [0.1, 0.15) is 0 Å². The number of hydrogen-bond donors (Lipinski definition) is 1. The number of benzene rings is 1. The normalized spacial score (nSPS) is 9.73. The molecule has 60 valence electrons. The van der Waals surface area contributed by atoms with E-state index in [1.807, 2.05) is 0 Å². The summed E-state index contributed by atoms with van der Waals surface area (Å²) in [6.07, 6.45) is 0. The van der Waals surface area contributed by atoms with Crippen molar-refractivity contribution in [1.29, 1.82) is 0 Å². The monoisotopic (exact) mass is 174 g/mol. The van der Waals surface area contributed by atoms with Crippen molar-refractivity contribution in [3.8, 4) is 5.75 Å². The summed E-state index contributed by atoms with van der Waals surface area (Å²) >= 11 is 0. The van der Waals surface area contributed by atoms with Crippen LogP contribution in [-0.2, 0) is 4.57 Å². The molecule has 0 saturated heterocycles. The molecule has 0 radical (unpaired) electrons. The van der Waals surface area contributed by atoms with Crippen LogP contribution in [0.3, 0.4) is 0 Å². The summed E-state index contributed by atoms with van der Waals surface area (Å²) in [6.45, 7) is 0. The molecule has 0 fully saturated rings. The van der Waals surface area contributed by atoms with Gasteiger partial charge in [0.05, 0.1) is 0 Å². The molecular weight excluding hydrogens is 165 g/mol. The Labute approximate surface area is 65.4 Å². The Hall–Kier alpha value is -0.960. The van der Waals surface area contributed by atoms with Crippen molar-refractivity contribution in [2.45, 2.75) is 0 Å². The van der Waals surface area contributed by atoms with Gasteiger partial charge in [-0.25, -0.2) is 0 Å². The first-order chi connectivity index (χ1) is 4.79. The van der Waals surface area contributed by atoms with E-state index in [-0.39, 0.29) is 6.15 Å². The van der Waals surface area contributed by atoms with E-state index in [9.17, 15) is 9.46 Å². The van der Waals surface area contributed by atoms with Crippen LogP contribution in [0.1, 0.15) is 0 Å². The molecule has 0 amide bonds. The Bertz CT molecular complexity index is 227. The molecule has 0 bridgehead atoms. The van der Waals surface area contributed by atoms with E-state index in [0.717, 1.165) is 0 Å². The van der Waals surface area contributed by atoms with Crippen molar-refractivity contribution in [3.05, 3.63) is 30.3 Å². The van der Waals surface area contributed by atoms with Crippen LogP contribution in [0.4, 0.5) is 0 Å². The quantitative estimate of drug-likeness (QED) is 0.688. The highest BCUT2D eigenvalue weighted by Crippen LogP contribution is 2.18. The number of hydrogen-bond acceptors (Lipinski definition) is 3. The van der Waals surface area contributed by atoms with E-state index in [1.165, 1.54) is 0 Å². The van der Waals surface area contributed by atoms with E-state index in [1.54, 1.807) is 30.3 Å². The van der Waals surface area contributed by atoms with Gasteiger partial charge in [0.25, 0.3) is 0 Å². The molecule has 4 N–H and O–H groups in total. The average molecular weight is 174 g/mol. The maximum Gasteiger partial charge on any atom is 0.539 e. The van der Waals surface area contributed by atoms with Crippen LogP contribution >= 0.6 is 8.25 Å². The van der Waals surface area contributed by atoms with E-state index >= 15 is 0 Å². The van der Waals surface area contributed by atoms with Gasteiger partial charge in [0, 0.05) is 0 Å². The first kappa shape index (κ1) is 10.0. The van der Waals surface area contributed by atoms with Crippen LogP contribution < -0.4 is 15.6 Å². The van der Waals surface area contributed by atoms with Gasteiger partial charge >= 0.3 is 8.25 Å². The van der Waals surface area contributed by atoms with Crippen molar-refractivity contribution in [2.24, 2.45) is 0 Å². The summed E-state index contributed by atoms with van der Waals surface area (Å²) in [5, 5.41) is 0. The maximum absolute atomic E-state index is 9.98. The zero-order chi connectivity index (χ0) is 7.40. The minimum absolute atomic E-state index is 0. The summed E-state index contributed by atoms with van der Waals surface area (Å²) in [6, 6.07) is 8.34. The van der Waals surface area contributed by atoms with Gasteiger partial charge in [0.2, 0.25) is 0 Å². The fraction of sp³-hybridized carbons (Fsp3) is 0. The number of para-hydroxylation sites is 1. The van der Waals surface area contributed by atoms with Gasteiger partial charge in [-0.05, 0) is 16.7 Å². The molecule has 0 aliphatic heterocycles. The van der Waals surface area contributed by atoms with Crippen molar-refractivity contribution < 1.29 is 14.0 Å². The van der Waals surface area contributed by atoms with Gasteiger partial charge in [-0.2, -0.15) is 0 Å². The highest BCUT2D eigenvalue weighted by Gasteiger charge is 2.01. The van der Waals surface area contributed by atoms with Crippen molar-refractivity contribution in [1.82, 2.24) is 6.15 Å². The van der Waals surface area contributed by atoms with Gasteiger partial charge in [-0.1, -0.05) is 18.2 Å². The van der Waals surface area contributed by atoms with Crippen LogP contribution in [0.15, 0.2) is 30.3 Å². The van der Waals surface area contributed by atoms with Gasteiger partial charge in [-0.3, -0.25) is 4.52 Å². The minimum Gasteiger partial charge on any atom is -0.558 e. The summed E-state index contributed by atoms with van der Waals surface area (Å²) in [5.74, 6) is 0.346. The minimum atomic E-state index is -2.78. The van der Waals surface area contributed by atoms with E-state index < -0.39 is 8.25 Å². The Morgan fingerprint density at radius 2 is 1.82 bits per heavy atom. The van der Waals surface area contributed by atoms with Gasteiger partial charge in [-0.15, -0.1) is 0 Å². The van der Waals surface area contributed by atoms with Crippen LogP contribution in [0.25, 0.3) is 0 Å². The average Bonchev–Trinajstić information content (AvgIpc) is 1.88. The molecule has 1 aromatic rings. The second kappa shape index (κ2) is 4.79. The largest absolute Gasteiger partial charge is 0.558 e. The van der Waals surface area contributed by atoms with E-state index in [2.05, 4.69) is 4.52 Å². The van der Waals surface area contributed by atoms with Crippen LogP contribution in [0.2, 0.25) is 0 Å². The van der Waals surface area contributed by atoms with E-state index in [0.29, 0.717) is 5.75 Å². The maximum atomic E-state index is 9.98. The third-order valence-electron chi connectivity index (χ3n) is 0.923. The van der Waals surface area contributed by atoms with Crippen LogP contribution in [-0.4, -0.2) is 0 Å². The zero-order valence-corrected chi connectivity index (χ0v) is 6.95. The topological polar surface area (TPSA) is 85.9 Å². The summed E-state index contributed by atoms with van der Waals surface area (Å²) in [5.41, 5.74) is 0. The third kappa shape index (κ3) is 3.68. The molecule has 0 spiro atoms. The van der Waals surface area contributed by atoms with Crippen molar-refractivity contribution >= 4 is 8.25 Å². The lowest BCUT2D eigenvalue weighted by atomic mass is 10.3. The zero-order valence-electron chi connectivity index (χ0n) is 6.06. The first-order valence-electron chi connectivity index (χ1n) is 2.66. The standard InChI is InChI=1S/C6H5O3P.H3N/c7-10(8)9-6-4-2-1-3-5-6;/h1-5H;1H3/p+1. The van der Waals surface area contributed by atoms with Gasteiger partial charge < -0.3 is 11.0 Å². The van der Waals surface area contributed by atoms with Crippen molar-refractivity contribution in [2.75, 3.05) is 0 Å². The SMILES string of the molecule is O=[P+]([O-])Oc1ccccc1.[NH4+]. The number of rotatable bonds is 2. The molecule has 4 nitrogen and oxygen atoms in total. The predicted octanol–water partition coefficient (Wildman–Crippen LogP) is 1.46. The summed E-state index contributed by atoms with van der Waals surface area (Å²) in [4.78, 5) is 9.98. The number of quaternary nitrogens is 1. The highest BCUT2D eigenvalue weighted by molar-refractivity contribution is 7.31. The summed E-state index contributed by atoms with van der Waals surface area (Å²) < 4.78 is 14.4. The summed E-state index contributed by atoms with van der Waals surface area (Å²) in [7, 11) is -2.78. The van der Waals surface area contributed by atoms with Crippen molar-refractivity contribution in [3.63, 3.8) is 0 Å². The Morgan fingerprint density at radius 3 is 2.27 bits per heavy atom. The first-order valence-corrected chi connectivity index (χ1v) is 3.76. The van der Waals surface area contributed by atoms with Crippen LogP contribution in [0.5, 0.6) is 5.75 Å². The Morgan fingerprint density at radius 1 is 1.27 bits per heavy atom. The molecule has 0 saturated carbocycles. The Balaban J connectivity index is 0.000001000. The molecule has 1 rings (SSSR count). The third-order valence-corrected chi connectivity index (χ3v) is 1.28. The molecule has 0 aliphatic carbocycles. The second-order valence-corrected chi connectivity index (χ2v) is 2.26. The lowest BCUT2D eigenvalue weighted by molar-refractivity contribution is -0.178. The molecule has 0 aliphatic rings. The van der Waals surface area contributed by atoms with E-state index in [4.69, 9.17) is 0 Å². The predicted molar refractivity (Wildman–Crippen MR) is 40.7 cm³/mol. The lowest BCUT2D eigenvalue weighted by Gasteiger charge is -1.90. The highest BCUT2D eigenvalue weighted by atomic mass is 31.1. The lowest BCUT2D eigenvalue weighted by Crippen LogP contribution is -1.92. The molecule has 1 atom stereocenters. The molecule has 5 heteroatoms. The van der Waals surface area contributed by atoms with Crippen LogP contribution in [0, 0.1) is 0 Å². The second-order valence-electron chi connectivity index (χ2n) is 1.63. The molecule has 1 unspecified atom stereocenters. The fourth-order valence-corrected chi connectivity index (χ4v) is 0.861. The fourth-order valence-electron chi connectivity index (χ4n) is 0.567. The molecule has 0 aromatic heterocycles. The molecule has 0 heterocycles. The molecular formula is C6H9NO3P+. The Kier molecular flexibility index (Phi) is 4.38. The molecule has 1 aromatic carbocycles. The van der Waals surface area contributed by atoms with Gasteiger partial charge in [0.15, 0.2) is 5.75 Å².